The Balaban J connectivity index is 2.81. The minimum Gasteiger partial charge on any atom is -0.495 e. The maximum absolute atomic E-state index is 11.0. The van der Waals surface area contributed by atoms with Crippen molar-refractivity contribution in [2.45, 2.75) is 0 Å². The van der Waals surface area contributed by atoms with E-state index in [0.29, 0.717) is 11.4 Å². The number of halogens is 1. The zero-order valence-electron chi connectivity index (χ0n) is 7.21. The number of hydrogen-bond acceptors (Lipinski definition) is 2. The molecule has 0 saturated carbocycles. The van der Waals surface area contributed by atoms with Crippen LogP contribution >= 0.6 is 15.9 Å². The van der Waals surface area contributed by atoms with Gasteiger partial charge in [0.05, 0.1) is 18.1 Å². The molecule has 70 valence electrons. The maximum atomic E-state index is 11.0. The van der Waals surface area contributed by atoms with Gasteiger partial charge in [0.1, 0.15) is 5.75 Å². The lowest BCUT2D eigenvalue weighted by molar-refractivity contribution is -0.113. The minimum absolute atomic E-state index is 0.0931. The lowest BCUT2D eigenvalue weighted by atomic mass is 10.3. The Morgan fingerprint density at radius 3 is 2.85 bits per heavy atom. The predicted octanol–water partition coefficient (Wildman–Crippen LogP) is 2.03. The van der Waals surface area contributed by atoms with Crippen molar-refractivity contribution in [1.82, 2.24) is 0 Å². The van der Waals surface area contributed by atoms with Crippen molar-refractivity contribution < 1.29 is 9.53 Å². The second kappa shape index (κ2) is 4.87. The zero-order chi connectivity index (χ0) is 9.68. The first-order chi connectivity index (χ1) is 6.27. The van der Waals surface area contributed by atoms with Crippen LogP contribution in [0.15, 0.2) is 24.3 Å². The van der Waals surface area contributed by atoms with Gasteiger partial charge in [0.2, 0.25) is 5.91 Å². The van der Waals surface area contributed by atoms with Crippen LogP contribution in [0.25, 0.3) is 0 Å². The van der Waals surface area contributed by atoms with Crippen LogP contribution in [-0.2, 0) is 4.79 Å². The van der Waals surface area contributed by atoms with E-state index < -0.39 is 0 Å². The SMILES string of the molecule is COc1ccccc1NC(=O)CBr. The number of carbonyl (C=O) groups is 1. The number of methoxy groups -OCH3 is 1. The number of alkyl halides is 1. The van der Waals surface area contributed by atoms with E-state index in [1.807, 2.05) is 12.1 Å². The number of hydrogen-bond donors (Lipinski definition) is 1. The summed E-state index contributed by atoms with van der Waals surface area (Å²) in [5.41, 5.74) is 0.689. The quantitative estimate of drug-likeness (QED) is 0.826. The summed E-state index contributed by atoms with van der Waals surface area (Å²) in [4.78, 5) is 11.0. The molecule has 0 radical (unpaired) electrons. The summed E-state index contributed by atoms with van der Waals surface area (Å²) < 4.78 is 5.06. The van der Waals surface area contributed by atoms with Crippen molar-refractivity contribution in [2.75, 3.05) is 17.8 Å². The number of para-hydroxylation sites is 2. The predicted molar refractivity (Wildman–Crippen MR) is 55.4 cm³/mol. The van der Waals surface area contributed by atoms with Crippen LogP contribution in [0.3, 0.4) is 0 Å². The van der Waals surface area contributed by atoms with Crippen molar-refractivity contribution in [2.24, 2.45) is 0 Å². The fourth-order valence-corrected chi connectivity index (χ4v) is 1.07. The number of carbonyl (C=O) groups excluding carboxylic acids is 1. The van der Waals surface area contributed by atoms with Crippen LogP contribution in [0.1, 0.15) is 0 Å². The number of anilines is 1. The molecule has 0 atom stereocenters. The van der Waals surface area contributed by atoms with Gasteiger partial charge >= 0.3 is 0 Å². The van der Waals surface area contributed by atoms with Crippen LogP contribution < -0.4 is 10.1 Å². The smallest absolute Gasteiger partial charge is 0.235 e. The summed E-state index contributed by atoms with van der Waals surface area (Å²) in [5.74, 6) is 0.571. The molecule has 1 rings (SSSR count). The van der Waals surface area contributed by atoms with E-state index in [2.05, 4.69) is 21.2 Å². The molecular formula is C9H10BrNO2. The van der Waals surface area contributed by atoms with E-state index >= 15 is 0 Å². The maximum Gasteiger partial charge on any atom is 0.235 e. The Morgan fingerprint density at radius 2 is 2.23 bits per heavy atom. The van der Waals surface area contributed by atoms with Gasteiger partial charge in [0.15, 0.2) is 0 Å². The molecule has 0 aliphatic carbocycles. The minimum atomic E-state index is -0.0931. The molecule has 1 aromatic carbocycles. The van der Waals surface area contributed by atoms with Gasteiger partial charge < -0.3 is 10.1 Å². The van der Waals surface area contributed by atoms with Gasteiger partial charge in [-0.15, -0.1) is 0 Å². The highest BCUT2D eigenvalue weighted by Crippen LogP contribution is 2.22. The largest absolute Gasteiger partial charge is 0.495 e. The first-order valence-corrected chi connectivity index (χ1v) is 4.89. The van der Waals surface area contributed by atoms with Crippen molar-refractivity contribution in [1.29, 1.82) is 0 Å². The van der Waals surface area contributed by atoms with E-state index in [1.165, 1.54) is 0 Å². The third kappa shape index (κ3) is 2.73. The molecule has 0 bridgehead atoms. The average Bonchev–Trinajstić information content (AvgIpc) is 2.18. The van der Waals surface area contributed by atoms with Crippen molar-refractivity contribution >= 4 is 27.5 Å². The highest BCUT2D eigenvalue weighted by molar-refractivity contribution is 9.09. The highest BCUT2D eigenvalue weighted by Gasteiger charge is 2.04. The Hall–Kier alpha value is -1.03. The molecule has 1 amide bonds. The van der Waals surface area contributed by atoms with Crippen molar-refractivity contribution in [3.8, 4) is 5.75 Å². The van der Waals surface area contributed by atoms with Crippen LogP contribution in [0, 0.1) is 0 Å². The van der Waals surface area contributed by atoms with E-state index in [4.69, 9.17) is 4.74 Å². The summed E-state index contributed by atoms with van der Waals surface area (Å²) in [6.45, 7) is 0. The van der Waals surface area contributed by atoms with Crippen LogP contribution in [0.4, 0.5) is 5.69 Å². The molecule has 0 aliphatic rings. The molecule has 1 aromatic rings. The molecule has 1 N–H and O–H groups in total. The fourth-order valence-electron chi connectivity index (χ4n) is 0.932. The topological polar surface area (TPSA) is 38.3 Å². The van der Waals surface area contributed by atoms with Gasteiger partial charge in [0.25, 0.3) is 0 Å². The van der Waals surface area contributed by atoms with Gasteiger partial charge in [-0.3, -0.25) is 4.79 Å². The second-order valence-corrected chi connectivity index (χ2v) is 2.94. The second-order valence-electron chi connectivity index (χ2n) is 2.38. The van der Waals surface area contributed by atoms with Gasteiger partial charge in [-0.05, 0) is 12.1 Å². The third-order valence-corrected chi connectivity index (χ3v) is 2.01. The zero-order valence-corrected chi connectivity index (χ0v) is 8.80. The molecule has 0 spiro atoms. The molecule has 4 heteroatoms. The van der Waals surface area contributed by atoms with Gasteiger partial charge in [0, 0.05) is 0 Å². The van der Waals surface area contributed by atoms with Crippen molar-refractivity contribution in [3.63, 3.8) is 0 Å². The summed E-state index contributed by atoms with van der Waals surface area (Å²) in [5, 5.41) is 2.98. The molecular weight excluding hydrogens is 234 g/mol. The fraction of sp³-hybridized carbons (Fsp3) is 0.222. The Morgan fingerprint density at radius 1 is 1.54 bits per heavy atom. The van der Waals surface area contributed by atoms with Crippen LogP contribution in [-0.4, -0.2) is 18.3 Å². The number of ether oxygens (including phenoxy) is 1. The van der Waals surface area contributed by atoms with Gasteiger partial charge in [-0.1, -0.05) is 28.1 Å². The number of benzene rings is 1. The Bertz CT molecular complexity index is 301. The molecule has 0 unspecified atom stereocenters. The van der Waals surface area contributed by atoms with Crippen LogP contribution in [0.5, 0.6) is 5.75 Å². The average molecular weight is 244 g/mol. The first kappa shape index (κ1) is 10.1. The molecule has 0 aliphatic heterocycles. The molecule has 13 heavy (non-hydrogen) atoms. The Labute approximate surface area is 85.2 Å². The summed E-state index contributed by atoms with van der Waals surface area (Å²) in [6.07, 6.45) is 0. The molecule has 3 nitrogen and oxygen atoms in total. The standard InChI is InChI=1S/C9H10BrNO2/c1-13-8-5-3-2-4-7(8)11-9(12)6-10/h2-5H,6H2,1H3,(H,11,12). The molecule has 0 aromatic heterocycles. The number of amides is 1. The lowest BCUT2D eigenvalue weighted by Gasteiger charge is -2.07. The van der Waals surface area contributed by atoms with Gasteiger partial charge in [-0.2, -0.15) is 0 Å². The first-order valence-electron chi connectivity index (χ1n) is 3.76. The van der Waals surface area contributed by atoms with Gasteiger partial charge in [-0.25, -0.2) is 0 Å². The number of nitrogens with one attached hydrogen (secondary N) is 1. The number of rotatable bonds is 3. The summed E-state index contributed by atoms with van der Waals surface area (Å²) in [7, 11) is 1.57. The van der Waals surface area contributed by atoms with E-state index in [-0.39, 0.29) is 11.2 Å². The van der Waals surface area contributed by atoms with Crippen molar-refractivity contribution in [3.05, 3.63) is 24.3 Å². The molecule has 0 heterocycles. The highest BCUT2D eigenvalue weighted by atomic mass is 79.9. The summed E-state index contributed by atoms with van der Waals surface area (Å²) in [6, 6.07) is 7.28. The summed E-state index contributed by atoms with van der Waals surface area (Å²) >= 11 is 3.07. The lowest BCUT2D eigenvalue weighted by Crippen LogP contribution is -2.12. The molecule has 0 fully saturated rings. The normalized spacial score (nSPS) is 9.38. The van der Waals surface area contributed by atoms with E-state index in [0.717, 1.165) is 0 Å². The Kier molecular flexibility index (Phi) is 3.76. The van der Waals surface area contributed by atoms with E-state index in [9.17, 15) is 4.79 Å². The molecule has 0 saturated heterocycles. The van der Waals surface area contributed by atoms with Crippen LogP contribution in [0.2, 0.25) is 0 Å². The monoisotopic (exact) mass is 243 g/mol. The third-order valence-electron chi connectivity index (χ3n) is 1.50. The van der Waals surface area contributed by atoms with E-state index in [1.54, 1.807) is 19.2 Å².